The molecular weight excluding hydrogens is 222 g/mol. The molecule has 3 N–H and O–H groups in total. The lowest BCUT2D eigenvalue weighted by Gasteiger charge is -2.30. The quantitative estimate of drug-likeness (QED) is 0.815. The molecule has 1 fully saturated rings. The first-order valence-electron chi connectivity index (χ1n) is 5.94. The Balaban J connectivity index is 2.17. The lowest BCUT2D eigenvalue weighted by molar-refractivity contribution is -0.0770. The fourth-order valence-corrected chi connectivity index (χ4v) is 1.90. The highest BCUT2D eigenvalue weighted by molar-refractivity contribution is 5.03. The fourth-order valence-electron chi connectivity index (χ4n) is 1.90. The van der Waals surface area contributed by atoms with Gasteiger partial charge in [-0.3, -0.25) is 0 Å². The number of ether oxygens (including phenoxy) is 1. The summed E-state index contributed by atoms with van der Waals surface area (Å²) in [6.45, 7) is 4.25. The van der Waals surface area contributed by atoms with Gasteiger partial charge < -0.3 is 20.1 Å². The van der Waals surface area contributed by atoms with Crippen molar-refractivity contribution in [2.75, 3.05) is 6.61 Å². The zero-order chi connectivity index (χ0) is 12.5. The summed E-state index contributed by atoms with van der Waals surface area (Å²) in [5.74, 6) is 0.772. The maximum absolute atomic E-state index is 9.37. The van der Waals surface area contributed by atoms with Crippen LogP contribution in [0.15, 0.2) is 4.52 Å². The Labute approximate surface area is 100 Å². The Hall–Kier alpha value is -0.980. The Kier molecular flexibility index (Phi) is 3.46. The predicted octanol–water partition coefficient (Wildman–Crippen LogP) is 0.866. The molecule has 1 saturated heterocycles. The molecule has 3 atom stereocenters. The van der Waals surface area contributed by atoms with Crippen LogP contribution in [0.3, 0.4) is 0 Å². The predicted molar refractivity (Wildman–Crippen MR) is 60.1 cm³/mol. The summed E-state index contributed by atoms with van der Waals surface area (Å²) < 4.78 is 10.8. The normalized spacial score (nSPS) is 28.9. The summed E-state index contributed by atoms with van der Waals surface area (Å²) in [5.41, 5.74) is 5.25. The number of aliphatic hydroxyl groups is 1. The maximum atomic E-state index is 9.37. The van der Waals surface area contributed by atoms with Crippen molar-refractivity contribution < 1.29 is 14.4 Å². The van der Waals surface area contributed by atoms with Crippen LogP contribution in [0, 0.1) is 0 Å². The monoisotopic (exact) mass is 241 g/mol. The van der Waals surface area contributed by atoms with Gasteiger partial charge in [0.05, 0.1) is 6.10 Å². The standard InChI is InChI=1S/C11H19N3O3/c1-7(15)8(12)9-13-10(14-17-9)11(2)5-3-4-6-16-11/h7-8,15H,3-6,12H2,1-2H3/t7-,8+,11?/m1/s1. The van der Waals surface area contributed by atoms with Crippen molar-refractivity contribution in [2.24, 2.45) is 5.73 Å². The van der Waals surface area contributed by atoms with Gasteiger partial charge >= 0.3 is 0 Å². The topological polar surface area (TPSA) is 94.4 Å². The van der Waals surface area contributed by atoms with Crippen LogP contribution in [0.5, 0.6) is 0 Å². The second-order valence-corrected chi connectivity index (χ2v) is 4.76. The molecular formula is C11H19N3O3. The van der Waals surface area contributed by atoms with Crippen LogP contribution in [0.25, 0.3) is 0 Å². The van der Waals surface area contributed by atoms with Gasteiger partial charge in [0.15, 0.2) is 0 Å². The molecule has 17 heavy (non-hydrogen) atoms. The molecule has 6 heteroatoms. The molecule has 1 unspecified atom stereocenters. The number of hydrogen-bond donors (Lipinski definition) is 2. The smallest absolute Gasteiger partial charge is 0.246 e. The van der Waals surface area contributed by atoms with Crippen molar-refractivity contribution in [1.82, 2.24) is 10.1 Å². The van der Waals surface area contributed by atoms with E-state index in [1.165, 1.54) is 0 Å². The summed E-state index contributed by atoms with van der Waals surface area (Å²) in [5, 5.41) is 13.3. The van der Waals surface area contributed by atoms with Crippen molar-refractivity contribution in [1.29, 1.82) is 0 Å². The van der Waals surface area contributed by atoms with Crippen molar-refractivity contribution in [3.05, 3.63) is 11.7 Å². The van der Waals surface area contributed by atoms with Gasteiger partial charge in [-0.2, -0.15) is 4.98 Å². The molecule has 0 amide bonds. The van der Waals surface area contributed by atoms with E-state index in [1.54, 1.807) is 6.92 Å². The van der Waals surface area contributed by atoms with E-state index in [0.29, 0.717) is 12.4 Å². The largest absolute Gasteiger partial charge is 0.391 e. The molecule has 1 aromatic rings. The van der Waals surface area contributed by atoms with Gasteiger partial charge in [0.1, 0.15) is 11.6 Å². The van der Waals surface area contributed by atoms with E-state index in [9.17, 15) is 5.11 Å². The van der Waals surface area contributed by atoms with Gasteiger partial charge in [0, 0.05) is 6.61 Å². The van der Waals surface area contributed by atoms with Crippen LogP contribution in [0.1, 0.15) is 50.9 Å². The molecule has 0 radical (unpaired) electrons. The molecule has 6 nitrogen and oxygen atoms in total. The van der Waals surface area contributed by atoms with Gasteiger partial charge in [0.25, 0.3) is 0 Å². The number of aromatic nitrogens is 2. The van der Waals surface area contributed by atoms with Gasteiger partial charge in [-0.15, -0.1) is 0 Å². The average molecular weight is 241 g/mol. The Morgan fingerprint density at radius 3 is 2.82 bits per heavy atom. The summed E-state index contributed by atoms with van der Waals surface area (Å²) in [6.07, 6.45) is 2.30. The van der Waals surface area contributed by atoms with Gasteiger partial charge in [-0.05, 0) is 33.1 Å². The van der Waals surface area contributed by atoms with E-state index in [-0.39, 0.29) is 5.89 Å². The molecule has 2 heterocycles. The lowest BCUT2D eigenvalue weighted by atomic mass is 9.95. The number of rotatable bonds is 3. The lowest BCUT2D eigenvalue weighted by Crippen LogP contribution is -2.31. The molecule has 2 rings (SSSR count). The molecule has 0 aliphatic carbocycles. The van der Waals surface area contributed by atoms with E-state index in [2.05, 4.69) is 10.1 Å². The van der Waals surface area contributed by atoms with Gasteiger partial charge in [-0.1, -0.05) is 5.16 Å². The van der Waals surface area contributed by atoms with Crippen LogP contribution < -0.4 is 5.73 Å². The number of aliphatic hydroxyl groups excluding tert-OH is 1. The summed E-state index contributed by atoms with van der Waals surface area (Å²) in [4.78, 5) is 4.24. The number of nitrogens with zero attached hydrogens (tertiary/aromatic N) is 2. The third kappa shape index (κ3) is 2.48. The van der Waals surface area contributed by atoms with E-state index in [1.807, 2.05) is 6.92 Å². The van der Waals surface area contributed by atoms with Crippen LogP contribution in [-0.2, 0) is 10.3 Å². The highest BCUT2D eigenvalue weighted by Crippen LogP contribution is 2.33. The molecule has 0 aromatic carbocycles. The third-order valence-electron chi connectivity index (χ3n) is 3.19. The first-order valence-corrected chi connectivity index (χ1v) is 5.94. The molecule has 0 bridgehead atoms. The summed E-state index contributed by atoms with van der Waals surface area (Å²) >= 11 is 0. The molecule has 1 aromatic heterocycles. The Morgan fingerprint density at radius 1 is 1.47 bits per heavy atom. The second-order valence-electron chi connectivity index (χ2n) is 4.76. The maximum Gasteiger partial charge on any atom is 0.246 e. The zero-order valence-corrected chi connectivity index (χ0v) is 10.2. The third-order valence-corrected chi connectivity index (χ3v) is 3.19. The Bertz CT molecular complexity index is 372. The number of hydrogen-bond acceptors (Lipinski definition) is 6. The summed E-state index contributed by atoms with van der Waals surface area (Å²) in [7, 11) is 0. The molecule has 1 aliphatic rings. The van der Waals surface area contributed by atoms with Crippen LogP contribution >= 0.6 is 0 Å². The van der Waals surface area contributed by atoms with Crippen molar-refractivity contribution in [2.45, 2.75) is 50.9 Å². The fraction of sp³-hybridized carbons (Fsp3) is 0.818. The Morgan fingerprint density at radius 2 is 2.24 bits per heavy atom. The van der Waals surface area contributed by atoms with Crippen LogP contribution in [0.2, 0.25) is 0 Å². The highest BCUT2D eigenvalue weighted by Gasteiger charge is 2.35. The van der Waals surface area contributed by atoms with Crippen molar-refractivity contribution in [3.8, 4) is 0 Å². The first kappa shape index (κ1) is 12.5. The molecule has 1 aliphatic heterocycles. The minimum Gasteiger partial charge on any atom is -0.391 e. The highest BCUT2D eigenvalue weighted by atomic mass is 16.5. The van der Waals surface area contributed by atoms with Crippen molar-refractivity contribution in [3.63, 3.8) is 0 Å². The second kappa shape index (κ2) is 4.72. The van der Waals surface area contributed by atoms with Crippen LogP contribution in [0.4, 0.5) is 0 Å². The van der Waals surface area contributed by atoms with E-state index >= 15 is 0 Å². The minimum absolute atomic E-state index is 0.255. The SMILES string of the molecule is C[C@@H](O)[C@H](N)c1nc(C2(C)CCCCO2)no1. The summed E-state index contributed by atoms with van der Waals surface area (Å²) in [6, 6.07) is -0.650. The van der Waals surface area contributed by atoms with E-state index < -0.39 is 17.7 Å². The zero-order valence-electron chi connectivity index (χ0n) is 10.2. The van der Waals surface area contributed by atoms with Crippen LogP contribution in [-0.4, -0.2) is 28.0 Å². The number of nitrogens with two attached hydrogens (primary N) is 1. The van der Waals surface area contributed by atoms with E-state index in [4.69, 9.17) is 15.0 Å². The van der Waals surface area contributed by atoms with Gasteiger partial charge in [-0.25, -0.2) is 0 Å². The molecule has 0 spiro atoms. The first-order chi connectivity index (χ1) is 8.03. The minimum atomic E-state index is -0.719. The van der Waals surface area contributed by atoms with Gasteiger partial charge in [0.2, 0.25) is 11.7 Å². The average Bonchev–Trinajstić information content (AvgIpc) is 2.78. The molecule has 96 valence electrons. The van der Waals surface area contributed by atoms with Crippen molar-refractivity contribution >= 4 is 0 Å². The van der Waals surface area contributed by atoms with E-state index in [0.717, 1.165) is 19.3 Å². The molecule has 0 saturated carbocycles.